The molecule has 1 aromatic carbocycles. The molecule has 1 aliphatic heterocycles. The first-order valence-corrected chi connectivity index (χ1v) is 13.8. The van der Waals surface area contributed by atoms with Gasteiger partial charge < -0.3 is 14.2 Å². The summed E-state index contributed by atoms with van der Waals surface area (Å²) in [6.45, 7) is 5.76. The molecule has 3 atom stereocenters. The number of rotatable bonds is 9. The molecule has 3 heterocycles. The Balaban J connectivity index is 1.28. The monoisotopic (exact) mass is 567 g/mol. The van der Waals surface area contributed by atoms with Crippen LogP contribution in [0.5, 0.6) is 17.4 Å². The molecular weight excluding hydrogens is 534 g/mol. The third-order valence-corrected chi connectivity index (χ3v) is 7.75. The van der Waals surface area contributed by atoms with Crippen LogP contribution in [0.2, 0.25) is 0 Å². The van der Waals surface area contributed by atoms with Gasteiger partial charge in [0.05, 0.1) is 19.9 Å². The molecule has 0 saturated heterocycles. The number of nitrogens with zero attached hydrogens (tertiary/aromatic N) is 6. The molecule has 6 rings (SSSR count). The van der Waals surface area contributed by atoms with E-state index in [1.54, 1.807) is 31.9 Å². The molecule has 11 nitrogen and oxygen atoms in total. The average molecular weight is 568 g/mol. The van der Waals surface area contributed by atoms with E-state index < -0.39 is 0 Å². The second kappa shape index (κ2) is 10.9. The van der Waals surface area contributed by atoms with Gasteiger partial charge in [-0.1, -0.05) is 37.3 Å². The maximum absolute atomic E-state index is 11.8. The number of ether oxygens (including phenoxy) is 3. The van der Waals surface area contributed by atoms with E-state index in [0.29, 0.717) is 53.1 Å². The predicted molar refractivity (Wildman–Crippen MR) is 157 cm³/mol. The van der Waals surface area contributed by atoms with Gasteiger partial charge >= 0.3 is 0 Å². The smallest absolute Gasteiger partial charge is 0.249 e. The summed E-state index contributed by atoms with van der Waals surface area (Å²) in [6, 6.07) is 7.36. The molecule has 1 saturated carbocycles. The summed E-state index contributed by atoms with van der Waals surface area (Å²) in [6.07, 6.45) is 12.3. The number of carbonyl (C=O) groups excluding carboxylic acids is 1. The first-order chi connectivity index (χ1) is 20.2. The quantitative estimate of drug-likeness (QED) is 0.403. The van der Waals surface area contributed by atoms with Crippen molar-refractivity contribution >= 4 is 17.6 Å². The minimum Gasteiger partial charge on any atom is -0.493 e. The van der Waals surface area contributed by atoms with Crippen LogP contribution in [0, 0.1) is 24.2 Å². The Kier molecular flexibility index (Phi) is 7.09. The molecule has 1 amide bonds. The highest BCUT2D eigenvalue weighted by Crippen LogP contribution is 2.60. The first kappa shape index (κ1) is 27.4. The van der Waals surface area contributed by atoms with Gasteiger partial charge in [0.15, 0.2) is 17.3 Å². The van der Waals surface area contributed by atoms with Crippen molar-refractivity contribution in [3.05, 3.63) is 77.6 Å². The van der Waals surface area contributed by atoms with Crippen molar-refractivity contribution in [2.45, 2.75) is 33.6 Å². The zero-order valence-electron chi connectivity index (χ0n) is 24.3. The maximum Gasteiger partial charge on any atom is 0.249 e. The van der Waals surface area contributed by atoms with E-state index >= 15 is 0 Å². The van der Waals surface area contributed by atoms with Gasteiger partial charge in [0.25, 0.3) is 0 Å². The molecule has 0 radical (unpaired) electrons. The molecule has 11 heteroatoms. The van der Waals surface area contributed by atoms with Gasteiger partial charge in [-0.05, 0) is 48.4 Å². The highest BCUT2D eigenvalue weighted by molar-refractivity contribution is 6.00. The number of amides is 1. The van der Waals surface area contributed by atoms with Gasteiger partial charge in [-0.25, -0.2) is 4.98 Å². The van der Waals surface area contributed by atoms with E-state index in [9.17, 15) is 4.79 Å². The molecule has 2 aliphatic carbocycles. The minimum atomic E-state index is -0.275. The molecule has 1 N–H and O–H groups in total. The van der Waals surface area contributed by atoms with Crippen LogP contribution in [-0.4, -0.2) is 57.2 Å². The van der Waals surface area contributed by atoms with Crippen molar-refractivity contribution in [3.8, 4) is 23.2 Å². The molecule has 0 spiro atoms. The Morgan fingerprint density at radius 2 is 1.95 bits per heavy atom. The number of nitrogens with one attached hydrogen (secondary N) is 1. The molecule has 1 fully saturated rings. The van der Waals surface area contributed by atoms with E-state index in [1.165, 1.54) is 6.92 Å². The van der Waals surface area contributed by atoms with E-state index in [4.69, 9.17) is 19.2 Å². The molecule has 42 heavy (non-hydrogen) atoms. The molecule has 3 aromatic rings. The van der Waals surface area contributed by atoms with Crippen LogP contribution >= 0.6 is 0 Å². The van der Waals surface area contributed by atoms with Gasteiger partial charge in [-0.15, -0.1) is 5.10 Å². The Morgan fingerprint density at radius 3 is 2.74 bits per heavy atom. The number of fused-ring (bicyclic) bond motifs is 3. The number of anilines is 1. The van der Waals surface area contributed by atoms with E-state index in [1.807, 2.05) is 24.3 Å². The zero-order valence-corrected chi connectivity index (χ0v) is 24.3. The van der Waals surface area contributed by atoms with Gasteiger partial charge in [-0.3, -0.25) is 15.1 Å². The number of aromatic nitrogens is 5. The van der Waals surface area contributed by atoms with Crippen LogP contribution in [0.15, 0.2) is 65.3 Å². The maximum atomic E-state index is 11.8. The highest BCUT2D eigenvalue weighted by Gasteiger charge is 2.54. The number of aryl methyl sites for hydroxylation is 1. The molecular formula is C31H33N7O4. The number of methoxy groups -OCH3 is 2. The summed E-state index contributed by atoms with van der Waals surface area (Å²) in [7, 11) is 3.18. The standard InChI is InChI=1S/C31H33N7O4/c1-18-32-28(14-29(33-18)42-17-21-15-31(3)16-23(31)22-8-6-7-9-24(22)35-21)38-27(36-30(37-38)34-19(2)39)13-20-10-11-25(40-4)26(12-20)41-5/h6-12,14-15,22-23H,13,16-17H2,1-5H3,(H,34,37,39). The van der Waals surface area contributed by atoms with Crippen molar-refractivity contribution in [1.29, 1.82) is 0 Å². The fourth-order valence-corrected chi connectivity index (χ4v) is 5.65. The Morgan fingerprint density at radius 1 is 1.12 bits per heavy atom. The Bertz CT molecular complexity index is 1670. The molecule has 3 aliphatic rings. The summed E-state index contributed by atoms with van der Waals surface area (Å²) in [5, 5.41) is 7.20. The lowest BCUT2D eigenvalue weighted by Crippen LogP contribution is -2.16. The van der Waals surface area contributed by atoms with Crippen molar-refractivity contribution < 1.29 is 19.0 Å². The summed E-state index contributed by atoms with van der Waals surface area (Å²) < 4.78 is 18.6. The SMILES string of the molecule is COc1ccc(Cc2nc(NC(C)=O)nn2-c2cc(OCC3=CC4(C)CC4C4C=CC=CC4=N3)nc(C)n2)cc1OC. The topological polar surface area (TPSA) is 126 Å². The lowest BCUT2D eigenvalue weighted by Gasteiger charge is -2.15. The number of allylic oxidation sites excluding steroid dienone is 5. The van der Waals surface area contributed by atoms with Gasteiger partial charge in [-0.2, -0.15) is 14.6 Å². The predicted octanol–water partition coefficient (Wildman–Crippen LogP) is 4.42. The van der Waals surface area contributed by atoms with Gasteiger partial charge in [0.1, 0.15) is 18.3 Å². The third-order valence-electron chi connectivity index (χ3n) is 7.75. The molecule has 0 bridgehead atoms. The van der Waals surface area contributed by atoms with Crippen LogP contribution in [0.1, 0.15) is 37.5 Å². The number of benzene rings is 1. The second-order valence-corrected chi connectivity index (χ2v) is 11.0. The number of carbonyl (C=O) groups is 1. The van der Waals surface area contributed by atoms with E-state index in [2.05, 4.69) is 56.6 Å². The van der Waals surface area contributed by atoms with Crippen LogP contribution in [0.3, 0.4) is 0 Å². The summed E-state index contributed by atoms with van der Waals surface area (Å²) in [5.41, 5.74) is 3.00. The third kappa shape index (κ3) is 5.54. The molecule has 216 valence electrons. The molecule has 3 unspecified atom stereocenters. The average Bonchev–Trinajstić information content (AvgIpc) is 3.50. The Hall–Kier alpha value is -4.80. The van der Waals surface area contributed by atoms with Crippen molar-refractivity contribution in [1.82, 2.24) is 24.7 Å². The zero-order chi connectivity index (χ0) is 29.4. The van der Waals surface area contributed by atoms with Gasteiger partial charge in [0.2, 0.25) is 17.7 Å². The van der Waals surface area contributed by atoms with Crippen LogP contribution in [-0.2, 0) is 11.2 Å². The summed E-state index contributed by atoms with van der Waals surface area (Å²) >= 11 is 0. The lowest BCUT2D eigenvalue weighted by atomic mass is 9.89. The minimum absolute atomic E-state index is 0.122. The summed E-state index contributed by atoms with van der Waals surface area (Å²) in [5.74, 6) is 3.96. The normalized spacial score (nSPS) is 21.8. The van der Waals surface area contributed by atoms with Gasteiger partial charge in [0, 0.05) is 31.0 Å². The highest BCUT2D eigenvalue weighted by atomic mass is 16.5. The van der Waals surface area contributed by atoms with Crippen molar-refractivity contribution in [3.63, 3.8) is 0 Å². The number of aliphatic imine (C=N–C) groups is 1. The number of hydrogen-bond donors (Lipinski definition) is 1. The molecule has 2 aromatic heterocycles. The second-order valence-electron chi connectivity index (χ2n) is 11.0. The van der Waals surface area contributed by atoms with Crippen LogP contribution in [0.4, 0.5) is 5.95 Å². The Labute approximate surface area is 244 Å². The van der Waals surface area contributed by atoms with Crippen LogP contribution in [0.25, 0.3) is 5.82 Å². The van der Waals surface area contributed by atoms with Crippen LogP contribution < -0.4 is 19.5 Å². The lowest BCUT2D eigenvalue weighted by molar-refractivity contribution is -0.114. The van der Waals surface area contributed by atoms with Crippen molar-refractivity contribution in [2.24, 2.45) is 22.2 Å². The summed E-state index contributed by atoms with van der Waals surface area (Å²) in [4.78, 5) is 30.4. The van der Waals surface area contributed by atoms with E-state index in [-0.39, 0.29) is 23.9 Å². The number of hydrogen-bond acceptors (Lipinski definition) is 9. The van der Waals surface area contributed by atoms with Crippen molar-refractivity contribution in [2.75, 3.05) is 26.1 Å². The van der Waals surface area contributed by atoms with E-state index in [0.717, 1.165) is 23.4 Å². The first-order valence-electron chi connectivity index (χ1n) is 13.8. The fraction of sp³-hybridized carbons (Fsp3) is 0.355. The largest absolute Gasteiger partial charge is 0.493 e. The fourth-order valence-electron chi connectivity index (χ4n) is 5.65.